The molecule has 0 radical (unpaired) electrons. The molecule has 0 fully saturated rings. The van der Waals surface area contributed by atoms with Gasteiger partial charge >= 0.3 is 5.97 Å². The maximum absolute atomic E-state index is 12.2. The van der Waals surface area contributed by atoms with Crippen molar-refractivity contribution in [3.63, 3.8) is 0 Å². The Kier molecular flexibility index (Phi) is 7.80. The number of rotatable bonds is 8. The highest BCUT2D eigenvalue weighted by Gasteiger charge is 2.20. The lowest BCUT2D eigenvalue weighted by atomic mass is 10.2. The Morgan fingerprint density at radius 2 is 1.83 bits per heavy atom. The maximum Gasteiger partial charge on any atom is 0.325 e. The lowest BCUT2D eigenvalue weighted by Gasteiger charge is -2.25. The zero-order valence-electron chi connectivity index (χ0n) is 13.9. The second-order valence-corrected chi connectivity index (χ2v) is 5.42. The van der Waals surface area contributed by atoms with Crippen molar-refractivity contribution in [2.45, 2.75) is 32.7 Å². The summed E-state index contributed by atoms with van der Waals surface area (Å²) in [7, 11) is 1.30. The largest absolute Gasteiger partial charge is 0.468 e. The molecule has 1 N–H and O–H groups in total. The van der Waals surface area contributed by atoms with Gasteiger partial charge in [0, 0.05) is 24.6 Å². The normalized spacial score (nSPS) is 10.3. The summed E-state index contributed by atoms with van der Waals surface area (Å²) in [5.41, 5.74) is 0.591. The molecule has 0 aliphatic heterocycles. The molecule has 23 heavy (non-hydrogen) atoms. The topological polar surface area (TPSA) is 75.7 Å². The van der Waals surface area contributed by atoms with E-state index in [0.29, 0.717) is 18.5 Å². The lowest BCUT2D eigenvalue weighted by molar-refractivity contribution is -0.148. The molecule has 0 aliphatic carbocycles. The van der Waals surface area contributed by atoms with Crippen molar-refractivity contribution < 1.29 is 19.1 Å². The average molecular weight is 320 g/mol. The lowest BCUT2D eigenvalue weighted by Crippen LogP contribution is -2.41. The molecule has 0 aromatic heterocycles. The van der Waals surface area contributed by atoms with Crippen LogP contribution in [0.15, 0.2) is 30.3 Å². The SMILES string of the molecule is COC(=O)CN(C(=O)CCCNC(=O)c1ccccc1)C(C)C. The number of carbonyl (C=O) groups is 3. The summed E-state index contributed by atoms with van der Waals surface area (Å²) >= 11 is 0. The first-order valence-corrected chi connectivity index (χ1v) is 7.65. The molecule has 0 atom stereocenters. The van der Waals surface area contributed by atoms with Gasteiger partial charge in [-0.05, 0) is 32.4 Å². The molecular formula is C17H24N2O4. The van der Waals surface area contributed by atoms with E-state index < -0.39 is 5.97 Å². The van der Waals surface area contributed by atoms with Crippen LogP contribution in [0.25, 0.3) is 0 Å². The monoisotopic (exact) mass is 320 g/mol. The number of nitrogens with zero attached hydrogens (tertiary/aromatic N) is 1. The maximum atomic E-state index is 12.2. The fraction of sp³-hybridized carbons (Fsp3) is 0.471. The van der Waals surface area contributed by atoms with Crippen LogP contribution in [0.5, 0.6) is 0 Å². The first kappa shape index (κ1) is 18.7. The molecule has 0 saturated carbocycles. The number of hydrogen-bond acceptors (Lipinski definition) is 4. The minimum absolute atomic E-state index is 0.0522. The van der Waals surface area contributed by atoms with Gasteiger partial charge < -0.3 is 15.0 Å². The molecule has 2 amide bonds. The molecule has 1 aromatic carbocycles. The van der Waals surface area contributed by atoms with E-state index in [2.05, 4.69) is 10.1 Å². The summed E-state index contributed by atoms with van der Waals surface area (Å²) in [6.07, 6.45) is 0.784. The first-order chi connectivity index (χ1) is 11.0. The number of nitrogens with one attached hydrogen (secondary N) is 1. The van der Waals surface area contributed by atoms with Gasteiger partial charge in [0.15, 0.2) is 0 Å². The summed E-state index contributed by atoms with van der Waals surface area (Å²) in [5.74, 6) is -0.725. The van der Waals surface area contributed by atoms with Crippen LogP contribution in [0.4, 0.5) is 0 Å². The average Bonchev–Trinajstić information content (AvgIpc) is 2.56. The zero-order chi connectivity index (χ0) is 17.2. The Bertz CT molecular complexity index is 529. The highest BCUT2D eigenvalue weighted by atomic mass is 16.5. The third kappa shape index (κ3) is 6.50. The second kappa shape index (κ2) is 9.61. The molecule has 126 valence electrons. The van der Waals surface area contributed by atoms with E-state index in [9.17, 15) is 14.4 Å². The van der Waals surface area contributed by atoms with E-state index >= 15 is 0 Å². The minimum atomic E-state index is -0.440. The Balaban J connectivity index is 2.37. The third-order valence-electron chi connectivity index (χ3n) is 3.36. The molecule has 0 saturated heterocycles. The van der Waals surface area contributed by atoms with Crippen LogP contribution in [0, 0.1) is 0 Å². The van der Waals surface area contributed by atoms with Crippen LogP contribution in [-0.2, 0) is 14.3 Å². The number of amides is 2. The highest BCUT2D eigenvalue weighted by molar-refractivity contribution is 5.94. The Labute approximate surface area is 136 Å². The van der Waals surface area contributed by atoms with Crippen LogP contribution in [-0.4, -0.2) is 48.9 Å². The van der Waals surface area contributed by atoms with Crippen LogP contribution in [0.2, 0.25) is 0 Å². The quantitative estimate of drug-likeness (QED) is 0.583. The summed E-state index contributed by atoms with van der Waals surface area (Å²) in [4.78, 5) is 36.8. The van der Waals surface area contributed by atoms with E-state index in [1.54, 1.807) is 24.3 Å². The third-order valence-corrected chi connectivity index (χ3v) is 3.36. The number of carbonyl (C=O) groups excluding carboxylic acids is 3. The van der Waals surface area contributed by atoms with Gasteiger partial charge in [0.25, 0.3) is 5.91 Å². The summed E-state index contributed by atoms with van der Waals surface area (Å²) in [6.45, 7) is 4.04. The van der Waals surface area contributed by atoms with Gasteiger partial charge in [0.1, 0.15) is 6.54 Å². The van der Waals surface area contributed by atoms with E-state index in [4.69, 9.17) is 0 Å². The van der Waals surface area contributed by atoms with Crippen molar-refractivity contribution in [3.05, 3.63) is 35.9 Å². The second-order valence-electron chi connectivity index (χ2n) is 5.42. The van der Waals surface area contributed by atoms with Gasteiger partial charge in [-0.25, -0.2) is 0 Å². The Hall–Kier alpha value is -2.37. The molecule has 0 aliphatic rings. The van der Waals surface area contributed by atoms with Crippen molar-refractivity contribution in [2.75, 3.05) is 20.2 Å². The summed E-state index contributed by atoms with van der Waals surface area (Å²) < 4.78 is 4.60. The summed E-state index contributed by atoms with van der Waals surface area (Å²) in [5, 5.41) is 2.77. The van der Waals surface area contributed by atoms with Gasteiger partial charge in [0.2, 0.25) is 5.91 Å². The highest BCUT2D eigenvalue weighted by Crippen LogP contribution is 2.04. The fourth-order valence-corrected chi connectivity index (χ4v) is 2.04. The number of ether oxygens (including phenoxy) is 1. The fourth-order valence-electron chi connectivity index (χ4n) is 2.04. The molecular weight excluding hydrogens is 296 g/mol. The van der Waals surface area contributed by atoms with Gasteiger partial charge in [-0.3, -0.25) is 14.4 Å². The van der Waals surface area contributed by atoms with Crippen LogP contribution in [0.3, 0.4) is 0 Å². The Morgan fingerprint density at radius 1 is 1.17 bits per heavy atom. The summed E-state index contributed by atoms with van der Waals surface area (Å²) in [6, 6.07) is 8.82. The molecule has 6 heteroatoms. The van der Waals surface area contributed by atoms with Crippen molar-refractivity contribution in [1.29, 1.82) is 0 Å². The number of esters is 1. The van der Waals surface area contributed by atoms with Crippen molar-refractivity contribution in [3.8, 4) is 0 Å². The van der Waals surface area contributed by atoms with E-state index in [-0.39, 0.29) is 30.8 Å². The van der Waals surface area contributed by atoms with E-state index in [0.717, 1.165) is 0 Å². The molecule has 0 bridgehead atoms. The van der Waals surface area contributed by atoms with Crippen LogP contribution < -0.4 is 5.32 Å². The van der Waals surface area contributed by atoms with Crippen molar-refractivity contribution >= 4 is 17.8 Å². The predicted octanol–water partition coefficient (Wildman–Crippen LogP) is 1.61. The van der Waals surface area contributed by atoms with Crippen LogP contribution in [0.1, 0.15) is 37.0 Å². The van der Waals surface area contributed by atoms with Crippen molar-refractivity contribution in [2.24, 2.45) is 0 Å². The van der Waals surface area contributed by atoms with Crippen LogP contribution >= 0.6 is 0 Å². The standard InChI is InChI=1S/C17H24N2O4/c1-13(2)19(12-16(21)23-3)15(20)10-7-11-18-17(22)14-8-5-4-6-9-14/h4-6,8-9,13H,7,10-12H2,1-3H3,(H,18,22). The van der Waals surface area contributed by atoms with Gasteiger partial charge in [0.05, 0.1) is 7.11 Å². The van der Waals surface area contributed by atoms with Gasteiger partial charge in [-0.2, -0.15) is 0 Å². The van der Waals surface area contributed by atoms with E-state index in [1.165, 1.54) is 12.0 Å². The first-order valence-electron chi connectivity index (χ1n) is 7.65. The smallest absolute Gasteiger partial charge is 0.325 e. The molecule has 6 nitrogen and oxygen atoms in total. The zero-order valence-corrected chi connectivity index (χ0v) is 13.9. The molecule has 0 unspecified atom stereocenters. The Morgan fingerprint density at radius 3 is 2.39 bits per heavy atom. The molecule has 0 heterocycles. The van der Waals surface area contributed by atoms with Gasteiger partial charge in [-0.15, -0.1) is 0 Å². The molecule has 0 spiro atoms. The van der Waals surface area contributed by atoms with Gasteiger partial charge in [-0.1, -0.05) is 18.2 Å². The molecule has 1 rings (SSSR count). The number of methoxy groups -OCH3 is 1. The number of benzene rings is 1. The van der Waals surface area contributed by atoms with Crippen molar-refractivity contribution in [1.82, 2.24) is 10.2 Å². The number of hydrogen-bond donors (Lipinski definition) is 1. The van der Waals surface area contributed by atoms with E-state index in [1.807, 2.05) is 19.9 Å². The molecule has 1 aromatic rings. The minimum Gasteiger partial charge on any atom is -0.468 e. The predicted molar refractivity (Wildman–Crippen MR) is 86.9 cm³/mol.